The Labute approximate surface area is 213 Å². The largest absolute Gasteiger partial charge is 0.489 e. The first-order valence-corrected chi connectivity index (χ1v) is 11.6. The average molecular weight is 501 g/mol. The van der Waals surface area contributed by atoms with E-state index in [0.717, 1.165) is 5.56 Å². The molecule has 0 heterocycles. The lowest BCUT2D eigenvalue weighted by molar-refractivity contribution is 0.0977. The van der Waals surface area contributed by atoms with Crippen LogP contribution in [0.4, 0.5) is 5.69 Å². The number of ketones is 1. The number of carbonyl (C=O) groups is 2. The summed E-state index contributed by atoms with van der Waals surface area (Å²) in [6, 6.07) is 30.3. The van der Waals surface area contributed by atoms with Gasteiger partial charge in [-0.3, -0.25) is 14.9 Å². The van der Waals surface area contributed by atoms with Gasteiger partial charge in [0.1, 0.15) is 12.4 Å². The summed E-state index contributed by atoms with van der Waals surface area (Å²) in [6.45, 7) is 0.436. The van der Waals surface area contributed by atoms with Crippen LogP contribution in [0.2, 0.25) is 5.02 Å². The van der Waals surface area contributed by atoms with E-state index >= 15 is 0 Å². The van der Waals surface area contributed by atoms with Crippen molar-refractivity contribution >= 4 is 46.3 Å². The summed E-state index contributed by atoms with van der Waals surface area (Å²) in [7, 11) is 0. The van der Waals surface area contributed by atoms with Gasteiger partial charge in [0.05, 0.1) is 5.69 Å². The lowest BCUT2D eigenvalue weighted by Crippen LogP contribution is -2.34. The Hall–Kier alpha value is -4.00. The van der Waals surface area contributed by atoms with Gasteiger partial charge in [-0.2, -0.15) is 0 Å². The first-order chi connectivity index (χ1) is 17.0. The highest BCUT2D eigenvalue weighted by Gasteiger charge is 2.16. The van der Waals surface area contributed by atoms with Crippen molar-refractivity contribution in [3.63, 3.8) is 0 Å². The zero-order valence-electron chi connectivity index (χ0n) is 18.5. The Bertz CT molecular complexity index is 1340. The Morgan fingerprint density at radius 2 is 1.46 bits per heavy atom. The third-order valence-corrected chi connectivity index (χ3v) is 5.54. The summed E-state index contributed by atoms with van der Waals surface area (Å²) in [5.41, 5.74) is 2.77. The molecule has 0 saturated heterocycles. The molecule has 0 aliphatic heterocycles. The number of hydrogen-bond acceptors (Lipinski definition) is 4. The summed E-state index contributed by atoms with van der Waals surface area (Å²) in [4.78, 5) is 25.6. The Balaban J connectivity index is 1.39. The average Bonchev–Trinajstić information content (AvgIpc) is 2.89. The molecular formula is C28H21ClN2O3S. The molecule has 0 unspecified atom stereocenters. The summed E-state index contributed by atoms with van der Waals surface area (Å²) >= 11 is 11.4. The third-order valence-electron chi connectivity index (χ3n) is 5.10. The molecule has 0 bridgehead atoms. The lowest BCUT2D eigenvalue weighted by Gasteiger charge is -2.14. The van der Waals surface area contributed by atoms with Crippen LogP contribution in [0.3, 0.4) is 0 Å². The van der Waals surface area contributed by atoms with E-state index in [2.05, 4.69) is 10.6 Å². The van der Waals surface area contributed by atoms with Crippen LogP contribution in [0.5, 0.6) is 5.75 Å². The van der Waals surface area contributed by atoms with Gasteiger partial charge < -0.3 is 10.1 Å². The van der Waals surface area contributed by atoms with E-state index < -0.39 is 0 Å². The van der Waals surface area contributed by atoms with E-state index in [9.17, 15) is 9.59 Å². The maximum absolute atomic E-state index is 13.0. The van der Waals surface area contributed by atoms with Crippen molar-refractivity contribution in [1.29, 1.82) is 0 Å². The quantitative estimate of drug-likeness (QED) is 0.231. The topological polar surface area (TPSA) is 67.4 Å². The minimum atomic E-state index is -0.387. The maximum Gasteiger partial charge on any atom is 0.257 e. The molecule has 1 amide bonds. The molecule has 4 rings (SSSR count). The number of rotatable bonds is 7. The molecule has 35 heavy (non-hydrogen) atoms. The van der Waals surface area contributed by atoms with Gasteiger partial charge in [0.25, 0.3) is 5.91 Å². The molecule has 0 fully saturated rings. The second-order valence-corrected chi connectivity index (χ2v) is 8.44. The van der Waals surface area contributed by atoms with Gasteiger partial charge in [-0.25, -0.2) is 0 Å². The third kappa shape index (κ3) is 6.53. The molecule has 0 aliphatic carbocycles. The highest BCUT2D eigenvalue weighted by Crippen LogP contribution is 2.24. The fourth-order valence-electron chi connectivity index (χ4n) is 3.33. The molecule has 4 aromatic rings. The molecule has 0 spiro atoms. The number of carbonyl (C=O) groups excluding carboxylic acids is 2. The van der Waals surface area contributed by atoms with E-state index in [0.29, 0.717) is 39.8 Å². The van der Waals surface area contributed by atoms with Gasteiger partial charge in [-0.05, 0) is 60.2 Å². The normalized spacial score (nSPS) is 10.3. The lowest BCUT2D eigenvalue weighted by atomic mass is 10.0. The fourth-order valence-corrected chi connectivity index (χ4v) is 3.71. The van der Waals surface area contributed by atoms with Crippen LogP contribution in [-0.2, 0) is 6.61 Å². The first kappa shape index (κ1) is 24.1. The van der Waals surface area contributed by atoms with Gasteiger partial charge in [0.2, 0.25) is 0 Å². The molecule has 4 aromatic carbocycles. The van der Waals surface area contributed by atoms with Crippen molar-refractivity contribution < 1.29 is 14.3 Å². The first-order valence-electron chi connectivity index (χ1n) is 10.8. The number of benzene rings is 4. The van der Waals surface area contributed by atoms with Crippen LogP contribution >= 0.6 is 23.8 Å². The summed E-state index contributed by atoms with van der Waals surface area (Å²) in [5, 5.41) is 6.05. The predicted octanol–water partition coefficient (Wildman–Crippen LogP) is 6.28. The number of anilines is 1. The van der Waals surface area contributed by atoms with Crippen LogP contribution < -0.4 is 15.4 Å². The second-order valence-electron chi connectivity index (χ2n) is 7.59. The maximum atomic E-state index is 13.0. The van der Waals surface area contributed by atoms with Crippen molar-refractivity contribution in [2.45, 2.75) is 6.61 Å². The van der Waals surface area contributed by atoms with E-state index in [1.807, 2.05) is 36.4 Å². The monoisotopic (exact) mass is 500 g/mol. The number of hydrogen-bond donors (Lipinski definition) is 2. The van der Waals surface area contributed by atoms with Crippen molar-refractivity contribution in [1.82, 2.24) is 5.32 Å². The van der Waals surface area contributed by atoms with E-state index in [1.54, 1.807) is 66.7 Å². The minimum absolute atomic E-state index is 0.0591. The highest BCUT2D eigenvalue weighted by molar-refractivity contribution is 7.80. The molecular weight excluding hydrogens is 480 g/mol. The predicted molar refractivity (Wildman–Crippen MR) is 142 cm³/mol. The van der Waals surface area contributed by atoms with Crippen molar-refractivity contribution in [3.05, 3.63) is 130 Å². The van der Waals surface area contributed by atoms with Crippen LogP contribution in [-0.4, -0.2) is 16.8 Å². The van der Waals surface area contributed by atoms with Crippen molar-refractivity contribution in [2.24, 2.45) is 0 Å². The van der Waals surface area contributed by atoms with Gasteiger partial charge in [0, 0.05) is 21.7 Å². The zero-order valence-corrected chi connectivity index (χ0v) is 20.1. The van der Waals surface area contributed by atoms with Crippen molar-refractivity contribution in [2.75, 3.05) is 5.32 Å². The molecule has 0 aliphatic rings. The van der Waals surface area contributed by atoms with Crippen LogP contribution in [0.15, 0.2) is 103 Å². The van der Waals surface area contributed by atoms with Crippen LogP contribution in [0, 0.1) is 0 Å². The Kier molecular flexibility index (Phi) is 7.88. The fraction of sp³-hybridized carbons (Fsp3) is 0.0357. The SMILES string of the molecule is O=C(NC(=S)Nc1ccc(Cl)cc1C(=O)c1ccccc1)c1ccc(OCc2ccccc2)cc1. The molecule has 5 nitrogen and oxygen atoms in total. The molecule has 7 heteroatoms. The Morgan fingerprint density at radius 3 is 2.14 bits per heavy atom. The van der Waals surface area contributed by atoms with E-state index in [4.69, 9.17) is 28.6 Å². The van der Waals surface area contributed by atoms with Gasteiger partial charge in [-0.1, -0.05) is 72.3 Å². The van der Waals surface area contributed by atoms with E-state index in [1.165, 1.54) is 0 Å². The number of thiocarbonyl (C=S) groups is 1. The zero-order chi connectivity index (χ0) is 24.6. The van der Waals surface area contributed by atoms with Crippen molar-refractivity contribution in [3.8, 4) is 5.75 Å². The van der Waals surface area contributed by atoms with E-state index in [-0.39, 0.29) is 16.8 Å². The highest BCUT2D eigenvalue weighted by atomic mass is 35.5. The van der Waals surface area contributed by atoms with Gasteiger partial charge in [0.15, 0.2) is 10.9 Å². The Morgan fingerprint density at radius 1 is 0.800 bits per heavy atom. The number of nitrogens with one attached hydrogen (secondary N) is 2. The number of ether oxygens (including phenoxy) is 1. The summed E-state index contributed by atoms with van der Waals surface area (Å²) in [5.74, 6) is 0.0501. The van der Waals surface area contributed by atoms with Crippen LogP contribution in [0.25, 0.3) is 0 Å². The second kappa shape index (κ2) is 11.4. The summed E-state index contributed by atoms with van der Waals surface area (Å²) in [6.07, 6.45) is 0. The number of halogens is 1. The molecule has 174 valence electrons. The smallest absolute Gasteiger partial charge is 0.257 e. The summed E-state index contributed by atoms with van der Waals surface area (Å²) < 4.78 is 5.76. The molecule has 0 saturated carbocycles. The van der Waals surface area contributed by atoms with Crippen LogP contribution in [0.1, 0.15) is 31.8 Å². The molecule has 2 N–H and O–H groups in total. The molecule has 0 aromatic heterocycles. The molecule has 0 radical (unpaired) electrons. The van der Waals surface area contributed by atoms with Gasteiger partial charge in [-0.15, -0.1) is 0 Å². The minimum Gasteiger partial charge on any atom is -0.489 e. The number of amides is 1. The van der Waals surface area contributed by atoms with Gasteiger partial charge >= 0.3 is 0 Å². The molecule has 0 atom stereocenters. The standard InChI is InChI=1S/C28H21ClN2O3S/c29-22-13-16-25(24(17-22)26(32)20-9-5-2-6-10-20)30-28(35)31-27(33)21-11-14-23(15-12-21)34-18-19-7-3-1-4-8-19/h1-17H,18H2,(H2,30,31,33,35).